The van der Waals surface area contributed by atoms with Gasteiger partial charge in [0, 0.05) is 6.04 Å². The van der Waals surface area contributed by atoms with E-state index >= 15 is 0 Å². The minimum atomic E-state index is -1.12. The third kappa shape index (κ3) is 2.93. The fraction of sp³-hybridized carbons (Fsp3) is 0.471. The lowest BCUT2D eigenvalue weighted by atomic mass is 9.92. The highest BCUT2D eigenvalue weighted by molar-refractivity contribution is 6.09. The highest BCUT2D eigenvalue weighted by atomic mass is 16.2. The van der Waals surface area contributed by atoms with Crippen LogP contribution >= 0.6 is 0 Å². The molecule has 1 saturated carbocycles. The number of rotatable bonds is 5. The van der Waals surface area contributed by atoms with E-state index in [9.17, 15) is 14.4 Å². The van der Waals surface area contributed by atoms with Crippen LogP contribution in [0.25, 0.3) is 0 Å². The van der Waals surface area contributed by atoms with E-state index in [1.807, 2.05) is 25.1 Å². The lowest BCUT2D eigenvalue weighted by Gasteiger charge is -2.22. The molecule has 2 fully saturated rings. The van der Waals surface area contributed by atoms with Crippen molar-refractivity contribution < 1.29 is 14.4 Å². The first kappa shape index (κ1) is 15.5. The predicted octanol–water partition coefficient (Wildman–Crippen LogP) is 1.37. The Kier molecular flexibility index (Phi) is 3.83. The summed E-state index contributed by atoms with van der Waals surface area (Å²) in [7, 11) is 0. The molecule has 6 heteroatoms. The van der Waals surface area contributed by atoms with Gasteiger partial charge in [-0.1, -0.05) is 30.3 Å². The molecule has 2 aliphatic rings. The zero-order chi connectivity index (χ0) is 16.6. The van der Waals surface area contributed by atoms with Gasteiger partial charge in [-0.05, 0) is 38.2 Å². The second-order valence-electron chi connectivity index (χ2n) is 6.51. The van der Waals surface area contributed by atoms with Crippen LogP contribution in [0.2, 0.25) is 0 Å². The van der Waals surface area contributed by atoms with E-state index < -0.39 is 17.5 Å². The minimum Gasteiger partial charge on any atom is -0.352 e. The van der Waals surface area contributed by atoms with E-state index in [1.165, 1.54) is 0 Å². The van der Waals surface area contributed by atoms with Crippen molar-refractivity contribution in [3.8, 4) is 0 Å². The van der Waals surface area contributed by atoms with Gasteiger partial charge in [0.15, 0.2) is 0 Å². The van der Waals surface area contributed by atoms with Gasteiger partial charge in [-0.3, -0.25) is 14.5 Å². The van der Waals surface area contributed by atoms with E-state index in [2.05, 4.69) is 10.6 Å². The number of benzene rings is 1. The fourth-order valence-electron chi connectivity index (χ4n) is 2.96. The van der Waals surface area contributed by atoms with Crippen LogP contribution in [0.5, 0.6) is 0 Å². The predicted molar refractivity (Wildman–Crippen MR) is 84.4 cm³/mol. The Bertz CT molecular complexity index is 642. The van der Waals surface area contributed by atoms with Crippen molar-refractivity contribution in [2.24, 2.45) is 5.92 Å². The first-order valence-electron chi connectivity index (χ1n) is 7.91. The fourth-order valence-corrected chi connectivity index (χ4v) is 2.96. The summed E-state index contributed by atoms with van der Waals surface area (Å²) in [5.41, 5.74) is -0.423. The number of imide groups is 1. The molecule has 3 rings (SSSR count). The number of hydrogen-bond donors (Lipinski definition) is 2. The molecule has 0 bridgehead atoms. The van der Waals surface area contributed by atoms with Gasteiger partial charge in [0.25, 0.3) is 5.91 Å². The summed E-state index contributed by atoms with van der Waals surface area (Å²) in [5.74, 6) is -0.176. The summed E-state index contributed by atoms with van der Waals surface area (Å²) < 4.78 is 0. The normalized spacial score (nSPS) is 25.2. The third-order valence-corrected chi connectivity index (χ3v) is 4.65. The van der Waals surface area contributed by atoms with Gasteiger partial charge in [-0.15, -0.1) is 0 Å². The number of hydrogen-bond acceptors (Lipinski definition) is 3. The van der Waals surface area contributed by atoms with Gasteiger partial charge in [-0.25, -0.2) is 4.79 Å². The molecule has 1 aromatic carbocycles. The number of carbonyl (C=O) groups is 3. The van der Waals surface area contributed by atoms with Gasteiger partial charge in [0.1, 0.15) is 12.1 Å². The smallest absolute Gasteiger partial charge is 0.325 e. The van der Waals surface area contributed by atoms with Gasteiger partial charge in [0.2, 0.25) is 5.91 Å². The lowest BCUT2D eigenvalue weighted by Crippen LogP contribution is -2.45. The Balaban J connectivity index is 1.70. The molecule has 0 radical (unpaired) electrons. The van der Waals surface area contributed by atoms with Crippen molar-refractivity contribution in [1.82, 2.24) is 15.5 Å². The van der Waals surface area contributed by atoms with Crippen LogP contribution < -0.4 is 10.6 Å². The van der Waals surface area contributed by atoms with Crippen LogP contribution in [0.15, 0.2) is 30.3 Å². The first-order valence-corrected chi connectivity index (χ1v) is 7.91. The van der Waals surface area contributed by atoms with Gasteiger partial charge >= 0.3 is 6.03 Å². The van der Waals surface area contributed by atoms with E-state index in [-0.39, 0.29) is 18.5 Å². The maximum Gasteiger partial charge on any atom is 0.325 e. The van der Waals surface area contributed by atoms with Gasteiger partial charge in [0.05, 0.1) is 0 Å². The van der Waals surface area contributed by atoms with E-state index in [0.717, 1.165) is 17.7 Å². The van der Waals surface area contributed by atoms with E-state index in [1.54, 1.807) is 19.1 Å². The van der Waals surface area contributed by atoms with Crippen molar-refractivity contribution in [3.63, 3.8) is 0 Å². The molecule has 1 aromatic rings. The molecule has 1 aliphatic carbocycles. The third-order valence-electron chi connectivity index (χ3n) is 4.65. The van der Waals surface area contributed by atoms with Crippen molar-refractivity contribution >= 4 is 17.8 Å². The molecule has 0 unspecified atom stereocenters. The number of nitrogens with one attached hydrogen (secondary N) is 2. The quantitative estimate of drug-likeness (QED) is 0.806. The Morgan fingerprint density at radius 2 is 2.00 bits per heavy atom. The molecule has 0 aromatic heterocycles. The van der Waals surface area contributed by atoms with E-state index in [0.29, 0.717) is 11.5 Å². The molecule has 122 valence electrons. The topological polar surface area (TPSA) is 78.5 Å². The second kappa shape index (κ2) is 5.68. The largest absolute Gasteiger partial charge is 0.352 e. The average Bonchev–Trinajstić information content (AvgIpc) is 3.34. The summed E-state index contributed by atoms with van der Waals surface area (Å²) in [5, 5.41) is 5.56. The Morgan fingerprint density at radius 3 is 2.61 bits per heavy atom. The molecular weight excluding hydrogens is 294 g/mol. The van der Waals surface area contributed by atoms with Crippen LogP contribution in [0.3, 0.4) is 0 Å². The highest BCUT2D eigenvalue weighted by Gasteiger charge is 2.49. The van der Waals surface area contributed by atoms with Gasteiger partial charge < -0.3 is 10.6 Å². The highest BCUT2D eigenvalue weighted by Crippen LogP contribution is 2.32. The average molecular weight is 315 g/mol. The number of urea groups is 1. The molecule has 0 spiro atoms. The van der Waals surface area contributed by atoms with Crippen LogP contribution in [0.1, 0.15) is 32.3 Å². The van der Waals surface area contributed by atoms with E-state index in [4.69, 9.17) is 0 Å². The molecule has 4 amide bonds. The molecule has 1 saturated heterocycles. The molecule has 6 nitrogen and oxygen atoms in total. The monoisotopic (exact) mass is 315 g/mol. The molecule has 2 N–H and O–H groups in total. The molecule has 23 heavy (non-hydrogen) atoms. The molecular formula is C17H21N3O3. The zero-order valence-electron chi connectivity index (χ0n) is 13.3. The molecule has 2 atom stereocenters. The maximum atomic E-state index is 12.7. The Morgan fingerprint density at radius 1 is 1.35 bits per heavy atom. The Labute approximate surface area is 135 Å². The van der Waals surface area contributed by atoms with Crippen molar-refractivity contribution in [2.75, 3.05) is 6.54 Å². The molecule has 1 heterocycles. The zero-order valence-corrected chi connectivity index (χ0v) is 13.3. The lowest BCUT2D eigenvalue weighted by molar-refractivity contribution is -0.135. The molecule has 1 aliphatic heterocycles. The number of nitrogens with zero attached hydrogens (tertiary/aromatic N) is 1. The van der Waals surface area contributed by atoms with Crippen LogP contribution in [-0.4, -0.2) is 35.3 Å². The summed E-state index contributed by atoms with van der Waals surface area (Å²) in [6, 6.07) is 8.60. The number of carbonyl (C=O) groups excluding carboxylic acids is 3. The van der Waals surface area contributed by atoms with Crippen LogP contribution in [0.4, 0.5) is 4.79 Å². The standard InChI is InChI=1S/C17H21N3O3/c1-11(12-8-9-12)18-14(21)10-20-15(22)17(2,19-16(20)23)13-6-4-3-5-7-13/h3-7,11-12H,8-10H2,1-2H3,(H,18,21)(H,19,23)/t11-,17+/m0/s1. The summed E-state index contributed by atoms with van der Waals surface area (Å²) in [6.07, 6.45) is 2.24. The van der Waals surface area contributed by atoms with Crippen LogP contribution in [0, 0.1) is 5.92 Å². The first-order chi connectivity index (χ1) is 10.9. The minimum absolute atomic E-state index is 0.0868. The maximum absolute atomic E-state index is 12.7. The second-order valence-corrected chi connectivity index (χ2v) is 6.51. The SMILES string of the molecule is C[C@H](NC(=O)CN1C(=O)N[C@](C)(c2ccccc2)C1=O)C1CC1. The number of amides is 4. The van der Waals surface area contributed by atoms with Crippen molar-refractivity contribution in [2.45, 2.75) is 38.3 Å². The van der Waals surface area contributed by atoms with Crippen LogP contribution in [-0.2, 0) is 15.1 Å². The van der Waals surface area contributed by atoms with Crippen molar-refractivity contribution in [1.29, 1.82) is 0 Å². The summed E-state index contributed by atoms with van der Waals surface area (Å²) in [6.45, 7) is 3.37. The summed E-state index contributed by atoms with van der Waals surface area (Å²) >= 11 is 0. The Hall–Kier alpha value is -2.37. The van der Waals surface area contributed by atoms with Gasteiger partial charge in [-0.2, -0.15) is 0 Å². The van der Waals surface area contributed by atoms with Crippen molar-refractivity contribution in [3.05, 3.63) is 35.9 Å². The summed E-state index contributed by atoms with van der Waals surface area (Å²) in [4.78, 5) is 37.9.